The van der Waals surface area contributed by atoms with Gasteiger partial charge in [-0.1, -0.05) is 135 Å². The average Bonchev–Trinajstić information content (AvgIpc) is 3.30. The first-order valence-corrected chi connectivity index (χ1v) is 17.3. The summed E-state index contributed by atoms with van der Waals surface area (Å²) in [6, 6.07) is 0. The zero-order valence-corrected chi connectivity index (χ0v) is 26.2. The van der Waals surface area contributed by atoms with Crippen LogP contribution in [0.3, 0.4) is 0 Å². The van der Waals surface area contributed by atoms with Crippen molar-refractivity contribution in [2.24, 2.45) is 0 Å². The molecule has 1 aliphatic rings. The Morgan fingerprint density at radius 3 is 1.90 bits per heavy atom. The molecule has 1 heterocycles. The number of carbonyl (C=O) groups is 1. The molecule has 4 atom stereocenters. The van der Waals surface area contributed by atoms with Gasteiger partial charge < -0.3 is 14.6 Å². The molecule has 0 amide bonds. The van der Waals surface area contributed by atoms with Crippen molar-refractivity contribution >= 4 is 5.97 Å². The van der Waals surface area contributed by atoms with Crippen molar-refractivity contribution < 1.29 is 19.4 Å². The number of ether oxygens (including phenoxy) is 2. The van der Waals surface area contributed by atoms with E-state index in [1.807, 2.05) is 6.08 Å². The fourth-order valence-corrected chi connectivity index (χ4v) is 5.86. The Bertz CT molecular complexity index is 563. The van der Waals surface area contributed by atoms with E-state index >= 15 is 0 Å². The molecule has 1 fully saturated rings. The Labute approximate surface area is 243 Å². The van der Waals surface area contributed by atoms with Gasteiger partial charge in [0.05, 0.1) is 18.3 Å². The molecule has 1 N–H and O–H groups in total. The van der Waals surface area contributed by atoms with Gasteiger partial charge in [0, 0.05) is 12.8 Å². The number of allylic oxidation sites excluding steroid dienone is 1. The Hall–Kier alpha value is -0.870. The molecule has 0 aliphatic carbocycles. The number of carbonyl (C=O) groups excluding carboxylic acids is 1. The summed E-state index contributed by atoms with van der Waals surface area (Å²) in [5, 5.41) is 10.6. The summed E-state index contributed by atoms with van der Waals surface area (Å²) >= 11 is 0. The zero-order valence-electron chi connectivity index (χ0n) is 26.2. The molecule has 0 saturated carbocycles. The van der Waals surface area contributed by atoms with Gasteiger partial charge in [0.15, 0.2) is 0 Å². The molecule has 1 rings (SSSR count). The van der Waals surface area contributed by atoms with Crippen LogP contribution in [0.2, 0.25) is 0 Å². The maximum absolute atomic E-state index is 12.7. The summed E-state index contributed by atoms with van der Waals surface area (Å²) in [5.41, 5.74) is 0. The van der Waals surface area contributed by atoms with E-state index in [-0.39, 0.29) is 24.3 Å². The number of hydrogen-bond donors (Lipinski definition) is 1. The van der Waals surface area contributed by atoms with Crippen molar-refractivity contribution in [2.75, 3.05) is 0 Å². The fraction of sp³-hybridized carbons (Fsp3) is 0.914. The van der Waals surface area contributed by atoms with Crippen molar-refractivity contribution in [3.05, 3.63) is 12.7 Å². The summed E-state index contributed by atoms with van der Waals surface area (Å²) in [6.45, 7) is 8.27. The Balaban J connectivity index is 2.27. The first-order valence-electron chi connectivity index (χ1n) is 17.3. The van der Waals surface area contributed by atoms with Crippen LogP contribution in [0.25, 0.3) is 0 Å². The summed E-state index contributed by atoms with van der Waals surface area (Å²) < 4.78 is 12.3. The van der Waals surface area contributed by atoms with Gasteiger partial charge in [-0.2, -0.15) is 0 Å². The topological polar surface area (TPSA) is 55.8 Å². The Morgan fingerprint density at radius 2 is 1.31 bits per heavy atom. The highest BCUT2D eigenvalue weighted by molar-refractivity contribution is 5.69. The van der Waals surface area contributed by atoms with Crippen LogP contribution < -0.4 is 0 Å². The summed E-state index contributed by atoms with van der Waals surface area (Å²) in [7, 11) is 0. The molecule has 0 aromatic rings. The van der Waals surface area contributed by atoms with Crippen LogP contribution in [0.1, 0.15) is 181 Å². The van der Waals surface area contributed by atoms with Crippen LogP contribution in [-0.2, 0) is 14.3 Å². The smallest absolute Gasteiger partial charge is 0.306 e. The van der Waals surface area contributed by atoms with Crippen LogP contribution in [-0.4, -0.2) is 35.5 Å². The highest BCUT2D eigenvalue weighted by Crippen LogP contribution is 2.30. The second-order valence-corrected chi connectivity index (χ2v) is 12.2. The normalized spacial score (nSPS) is 19.8. The highest BCUT2D eigenvalue weighted by atomic mass is 16.6. The molecule has 0 aromatic heterocycles. The van der Waals surface area contributed by atoms with Gasteiger partial charge in [-0.05, 0) is 38.5 Å². The number of esters is 1. The maximum Gasteiger partial charge on any atom is 0.306 e. The quantitative estimate of drug-likeness (QED) is 0.0598. The first-order chi connectivity index (χ1) is 19.1. The minimum atomic E-state index is -0.437. The Kier molecular flexibility index (Phi) is 24.2. The largest absolute Gasteiger partial charge is 0.460 e. The van der Waals surface area contributed by atoms with E-state index in [1.165, 1.54) is 103 Å². The van der Waals surface area contributed by atoms with Crippen molar-refractivity contribution in [3.8, 4) is 0 Å². The van der Waals surface area contributed by atoms with Crippen molar-refractivity contribution in [2.45, 2.75) is 205 Å². The van der Waals surface area contributed by atoms with Crippen LogP contribution in [0, 0.1) is 0 Å². The summed E-state index contributed by atoms with van der Waals surface area (Å²) in [6.07, 6.45) is 31.2. The van der Waals surface area contributed by atoms with Gasteiger partial charge in [0.2, 0.25) is 0 Å². The number of rotatable bonds is 28. The third-order valence-electron chi connectivity index (χ3n) is 8.42. The lowest BCUT2D eigenvalue weighted by molar-refractivity contribution is -0.158. The second-order valence-electron chi connectivity index (χ2n) is 12.2. The third kappa shape index (κ3) is 19.8. The lowest BCUT2D eigenvalue weighted by Crippen LogP contribution is -2.32. The molecule has 39 heavy (non-hydrogen) atoms. The molecule has 4 heteroatoms. The molecule has 230 valence electrons. The predicted molar refractivity (Wildman–Crippen MR) is 166 cm³/mol. The monoisotopic (exact) mass is 550 g/mol. The molecule has 0 bridgehead atoms. The van der Waals surface area contributed by atoms with Gasteiger partial charge >= 0.3 is 5.97 Å². The molecule has 0 aromatic carbocycles. The van der Waals surface area contributed by atoms with Gasteiger partial charge in [0.25, 0.3) is 0 Å². The van der Waals surface area contributed by atoms with E-state index < -0.39 is 6.10 Å². The third-order valence-corrected chi connectivity index (χ3v) is 8.42. The van der Waals surface area contributed by atoms with E-state index in [0.29, 0.717) is 12.8 Å². The van der Waals surface area contributed by atoms with Gasteiger partial charge in [-0.25, -0.2) is 0 Å². The molecule has 1 saturated heterocycles. The molecule has 0 radical (unpaired) electrons. The van der Waals surface area contributed by atoms with Crippen LogP contribution in [0.4, 0.5) is 0 Å². The molecule has 1 unspecified atom stereocenters. The standard InChI is InChI=1S/C35H66O4/c1-4-7-10-12-14-15-16-17-18-19-21-23-26-29-35(37)39-33(28-25-22-20-13-11-8-5-2)34-30-31(36)32(38-34)27-24-9-6-3/h5,31-34,36H,2,4,6-30H2,1,3H3/t31-,32-,33+,34?/m0/s1. The van der Waals surface area contributed by atoms with Crippen molar-refractivity contribution in [1.29, 1.82) is 0 Å². The zero-order chi connectivity index (χ0) is 28.4. The highest BCUT2D eigenvalue weighted by Gasteiger charge is 2.39. The summed E-state index contributed by atoms with van der Waals surface area (Å²) in [5.74, 6) is -0.0819. The maximum atomic E-state index is 12.7. The predicted octanol–water partition coefficient (Wildman–Crippen LogP) is 10.4. The number of aliphatic hydroxyl groups is 1. The number of unbranched alkanes of at least 4 members (excludes halogenated alkanes) is 19. The van der Waals surface area contributed by atoms with Gasteiger partial charge in [-0.3, -0.25) is 4.79 Å². The van der Waals surface area contributed by atoms with E-state index in [0.717, 1.165) is 51.4 Å². The minimum Gasteiger partial charge on any atom is -0.460 e. The van der Waals surface area contributed by atoms with Crippen LogP contribution in [0.5, 0.6) is 0 Å². The molecular formula is C35H66O4. The molecule has 4 nitrogen and oxygen atoms in total. The Morgan fingerprint density at radius 1 is 0.795 bits per heavy atom. The van der Waals surface area contributed by atoms with E-state index in [4.69, 9.17) is 9.47 Å². The average molecular weight is 551 g/mol. The van der Waals surface area contributed by atoms with E-state index in [1.54, 1.807) is 0 Å². The SMILES string of the molecule is C=CCCCCCCC[C@@H](OC(=O)CCCCCCCCCCCCCCC)C1C[C@H](O)[C@H](CCCCC)O1. The number of hydrogen-bond acceptors (Lipinski definition) is 4. The van der Waals surface area contributed by atoms with Crippen LogP contribution >= 0.6 is 0 Å². The van der Waals surface area contributed by atoms with Crippen molar-refractivity contribution in [3.63, 3.8) is 0 Å². The number of aliphatic hydroxyl groups excluding tert-OH is 1. The van der Waals surface area contributed by atoms with Gasteiger partial charge in [0.1, 0.15) is 6.10 Å². The molecule has 0 spiro atoms. The first kappa shape index (κ1) is 36.2. The summed E-state index contributed by atoms with van der Waals surface area (Å²) in [4.78, 5) is 12.7. The lowest BCUT2D eigenvalue weighted by Gasteiger charge is -2.24. The van der Waals surface area contributed by atoms with E-state index in [9.17, 15) is 9.90 Å². The van der Waals surface area contributed by atoms with Crippen molar-refractivity contribution in [1.82, 2.24) is 0 Å². The van der Waals surface area contributed by atoms with E-state index in [2.05, 4.69) is 20.4 Å². The van der Waals surface area contributed by atoms with Crippen LogP contribution in [0.15, 0.2) is 12.7 Å². The fourth-order valence-electron chi connectivity index (χ4n) is 5.86. The van der Waals surface area contributed by atoms with Gasteiger partial charge in [-0.15, -0.1) is 6.58 Å². The minimum absolute atomic E-state index is 0.0819. The molecular weight excluding hydrogens is 484 g/mol. The lowest BCUT2D eigenvalue weighted by atomic mass is 10.00. The second kappa shape index (κ2) is 26.1. The molecule has 1 aliphatic heterocycles.